The van der Waals surface area contributed by atoms with Gasteiger partial charge >= 0.3 is 0 Å². The molecule has 0 aliphatic carbocycles. The summed E-state index contributed by atoms with van der Waals surface area (Å²) in [5, 5.41) is 2.73. The second-order valence-electron chi connectivity index (χ2n) is 4.43. The standard InChI is InChI=1S/C13H16ClF2NO/c1-3-13(2,6-7-14)17-12(18)10-5-4-9(15)8-11(10)16/h4-5,8H,3,6-7H2,1-2H3,(H,17,18). The van der Waals surface area contributed by atoms with E-state index in [1.54, 1.807) is 0 Å². The van der Waals surface area contributed by atoms with Gasteiger partial charge in [-0.3, -0.25) is 4.79 Å². The summed E-state index contributed by atoms with van der Waals surface area (Å²) in [4.78, 5) is 11.9. The van der Waals surface area contributed by atoms with E-state index in [1.165, 1.54) is 0 Å². The topological polar surface area (TPSA) is 29.1 Å². The molecule has 1 aromatic carbocycles. The highest BCUT2D eigenvalue weighted by Gasteiger charge is 2.25. The summed E-state index contributed by atoms with van der Waals surface area (Å²) in [6, 6.07) is 2.89. The van der Waals surface area contributed by atoms with E-state index < -0.39 is 23.1 Å². The molecular formula is C13H16ClF2NO. The third-order valence-corrected chi connectivity index (χ3v) is 3.21. The first-order valence-electron chi connectivity index (χ1n) is 5.75. The molecule has 0 fully saturated rings. The van der Waals surface area contributed by atoms with Crippen molar-refractivity contribution in [2.75, 3.05) is 5.88 Å². The highest BCUT2D eigenvalue weighted by atomic mass is 35.5. The van der Waals surface area contributed by atoms with Gasteiger partial charge in [0, 0.05) is 17.5 Å². The third kappa shape index (κ3) is 3.67. The minimum atomic E-state index is -0.864. The Bertz CT molecular complexity index is 439. The van der Waals surface area contributed by atoms with Crippen LogP contribution in [0.3, 0.4) is 0 Å². The molecule has 0 aliphatic heterocycles. The summed E-state index contributed by atoms with van der Waals surface area (Å²) in [7, 11) is 0. The maximum Gasteiger partial charge on any atom is 0.254 e. The lowest BCUT2D eigenvalue weighted by Crippen LogP contribution is -2.46. The first kappa shape index (κ1) is 14.9. The molecule has 0 aromatic heterocycles. The van der Waals surface area contributed by atoms with Crippen LogP contribution in [-0.2, 0) is 0 Å². The molecule has 0 aliphatic rings. The molecule has 0 radical (unpaired) electrons. The minimum absolute atomic E-state index is 0.161. The summed E-state index contributed by atoms with van der Waals surface area (Å²) >= 11 is 5.67. The van der Waals surface area contributed by atoms with E-state index in [0.717, 1.165) is 12.1 Å². The van der Waals surface area contributed by atoms with Crippen molar-refractivity contribution < 1.29 is 13.6 Å². The van der Waals surface area contributed by atoms with Gasteiger partial charge in [-0.15, -0.1) is 11.6 Å². The van der Waals surface area contributed by atoms with Crippen molar-refractivity contribution in [2.24, 2.45) is 0 Å². The number of hydrogen-bond donors (Lipinski definition) is 1. The second-order valence-corrected chi connectivity index (χ2v) is 4.81. The monoisotopic (exact) mass is 275 g/mol. The molecule has 1 amide bonds. The SMILES string of the molecule is CCC(C)(CCCl)NC(=O)c1ccc(F)cc1F. The van der Waals surface area contributed by atoms with Gasteiger partial charge in [-0.25, -0.2) is 8.78 Å². The fraction of sp³-hybridized carbons (Fsp3) is 0.462. The van der Waals surface area contributed by atoms with E-state index in [-0.39, 0.29) is 5.56 Å². The normalized spacial score (nSPS) is 14.1. The second kappa shape index (κ2) is 6.14. The molecule has 1 N–H and O–H groups in total. The van der Waals surface area contributed by atoms with Crippen molar-refractivity contribution in [2.45, 2.75) is 32.2 Å². The summed E-state index contributed by atoms with van der Waals surface area (Å²) in [6.45, 7) is 3.75. The Morgan fingerprint density at radius 1 is 1.44 bits per heavy atom. The molecule has 1 rings (SSSR count). The van der Waals surface area contributed by atoms with Crippen molar-refractivity contribution >= 4 is 17.5 Å². The van der Waals surface area contributed by atoms with E-state index in [9.17, 15) is 13.6 Å². The van der Waals surface area contributed by atoms with E-state index in [0.29, 0.717) is 24.8 Å². The van der Waals surface area contributed by atoms with Crippen LogP contribution in [0.2, 0.25) is 0 Å². The van der Waals surface area contributed by atoms with Gasteiger partial charge in [-0.1, -0.05) is 6.92 Å². The van der Waals surface area contributed by atoms with E-state index in [4.69, 9.17) is 11.6 Å². The van der Waals surface area contributed by atoms with E-state index in [1.807, 2.05) is 13.8 Å². The Kier molecular flexibility index (Phi) is 5.08. The fourth-order valence-corrected chi connectivity index (χ4v) is 1.97. The molecule has 1 unspecified atom stereocenters. The molecule has 2 nitrogen and oxygen atoms in total. The Labute approximate surface area is 110 Å². The van der Waals surface area contributed by atoms with Gasteiger partial charge < -0.3 is 5.32 Å². The Morgan fingerprint density at radius 2 is 2.11 bits per heavy atom. The summed E-state index contributed by atoms with van der Waals surface area (Å²) in [6.07, 6.45) is 1.26. The molecule has 5 heteroatoms. The van der Waals surface area contributed by atoms with Gasteiger partial charge in [-0.05, 0) is 31.9 Å². The maximum absolute atomic E-state index is 13.4. The lowest BCUT2D eigenvalue weighted by atomic mass is 9.95. The van der Waals surface area contributed by atoms with Gasteiger partial charge in [-0.2, -0.15) is 0 Å². The quantitative estimate of drug-likeness (QED) is 0.819. The lowest BCUT2D eigenvalue weighted by molar-refractivity contribution is 0.0897. The van der Waals surface area contributed by atoms with Crippen LogP contribution >= 0.6 is 11.6 Å². The number of alkyl halides is 1. The van der Waals surface area contributed by atoms with Gasteiger partial charge in [0.25, 0.3) is 5.91 Å². The Balaban J connectivity index is 2.87. The van der Waals surface area contributed by atoms with Crippen LogP contribution in [0.4, 0.5) is 8.78 Å². The van der Waals surface area contributed by atoms with Crippen LogP contribution in [0.1, 0.15) is 37.0 Å². The largest absolute Gasteiger partial charge is 0.347 e. The van der Waals surface area contributed by atoms with Crippen LogP contribution in [0.25, 0.3) is 0 Å². The lowest BCUT2D eigenvalue weighted by Gasteiger charge is -2.29. The molecule has 0 bridgehead atoms. The van der Waals surface area contributed by atoms with Crippen molar-refractivity contribution in [1.29, 1.82) is 0 Å². The molecule has 18 heavy (non-hydrogen) atoms. The molecule has 0 heterocycles. The Hall–Kier alpha value is -1.16. The highest BCUT2D eigenvalue weighted by Crippen LogP contribution is 2.17. The van der Waals surface area contributed by atoms with Crippen LogP contribution in [-0.4, -0.2) is 17.3 Å². The number of halogens is 3. The molecule has 1 aromatic rings. The number of rotatable bonds is 5. The summed E-state index contributed by atoms with van der Waals surface area (Å²) in [5.74, 6) is -1.72. The van der Waals surface area contributed by atoms with Crippen LogP contribution < -0.4 is 5.32 Å². The first-order chi connectivity index (χ1) is 8.41. The van der Waals surface area contributed by atoms with Gasteiger partial charge in [0.15, 0.2) is 0 Å². The van der Waals surface area contributed by atoms with Crippen molar-refractivity contribution in [3.05, 3.63) is 35.4 Å². The fourth-order valence-electron chi connectivity index (χ4n) is 1.55. The average molecular weight is 276 g/mol. The molecule has 0 saturated heterocycles. The zero-order valence-electron chi connectivity index (χ0n) is 10.4. The smallest absolute Gasteiger partial charge is 0.254 e. The van der Waals surface area contributed by atoms with E-state index in [2.05, 4.69) is 5.32 Å². The number of hydrogen-bond acceptors (Lipinski definition) is 1. The van der Waals surface area contributed by atoms with Crippen molar-refractivity contribution in [3.63, 3.8) is 0 Å². The molecule has 1 atom stereocenters. The minimum Gasteiger partial charge on any atom is -0.347 e. The summed E-state index contributed by atoms with van der Waals surface area (Å²) in [5.41, 5.74) is -0.648. The zero-order valence-corrected chi connectivity index (χ0v) is 11.2. The number of amides is 1. The third-order valence-electron chi connectivity index (χ3n) is 3.02. The molecule has 100 valence electrons. The van der Waals surface area contributed by atoms with Crippen molar-refractivity contribution in [3.8, 4) is 0 Å². The van der Waals surface area contributed by atoms with Crippen molar-refractivity contribution in [1.82, 2.24) is 5.32 Å². The van der Waals surface area contributed by atoms with Gasteiger partial charge in [0.1, 0.15) is 11.6 Å². The average Bonchev–Trinajstić information content (AvgIpc) is 2.28. The number of carbonyl (C=O) groups excluding carboxylic acids is 1. The van der Waals surface area contributed by atoms with Crippen LogP contribution in [0, 0.1) is 11.6 Å². The molecule has 0 spiro atoms. The molecular weight excluding hydrogens is 260 g/mol. The first-order valence-corrected chi connectivity index (χ1v) is 6.29. The number of carbonyl (C=O) groups is 1. The van der Waals surface area contributed by atoms with E-state index >= 15 is 0 Å². The number of nitrogens with one attached hydrogen (secondary N) is 1. The highest BCUT2D eigenvalue weighted by molar-refractivity contribution is 6.17. The summed E-state index contributed by atoms with van der Waals surface area (Å²) < 4.78 is 26.2. The predicted octanol–water partition coefficient (Wildman–Crippen LogP) is 3.49. The predicted molar refractivity (Wildman–Crippen MR) is 67.9 cm³/mol. The van der Waals surface area contributed by atoms with Gasteiger partial charge in [0.05, 0.1) is 5.56 Å². The maximum atomic E-state index is 13.4. The molecule has 0 saturated carbocycles. The zero-order chi connectivity index (χ0) is 13.8. The van der Waals surface area contributed by atoms with Crippen LogP contribution in [0.15, 0.2) is 18.2 Å². The Morgan fingerprint density at radius 3 is 2.61 bits per heavy atom. The number of benzene rings is 1. The van der Waals surface area contributed by atoms with Crippen LogP contribution in [0.5, 0.6) is 0 Å². The van der Waals surface area contributed by atoms with Gasteiger partial charge in [0.2, 0.25) is 0 Å².